The van der Waals surface area contributed by atoms with E-state index in [2.05, 4.69) is 37.0 Å². The van der Waals surface area contributed by atoms with E-state index in [0.717, 1.165) is 16.9 Å². The molecule has 0 atom stereocenters. The van der Waals surface area contributed by atoms with Crippen molar-refractivity contribution >= 4 is 23.9 Å². The van der Waals surface area contributed by atoms with E-state index in [-0.39, 0.29) is 17.1 Å². The molecule has 0 saturated carbocycles. The van der Waals surface area contributed by atoms with E-state index >= 15 is 0 Å². The summed E-state index contributed by atoms with van der Waals surface area (Å²) in [4.78, 5) is 14.5. The van der Waals surface area contributed by atoms with Crippen molar-refractivity contribution < 1.29 is 15.0 Å². The number of rotatable bonds is 3. The first-order valence-corrected chi connectivity index (χ1v) is 11.1. The van der Waals surface area contributed by atoms with Crippen molar-refractivity contribution in [2.75, 3.05) is 5.73 Å². The summed E-state index contributed by atoms with van der Waals surface area (Å²) in [5.41, 5.74) is 13.3. The summed E-state index contributed by atoms with van der Waals surface area (Å²) >= 11 is 0. The van der Waals surface area contributed by atoms with Crippen LogP contribution in [0, 0.1) is 33.8 Å². The smallest absolute Gasteiger partial charge is 0.241 e. The molecular weight excluding hydrogens is 436 g/mol. The standard InChI is InChI=1S/C15H15NO.C8H11N.C7H4O2/c1-11-6-5-8-14(12(11)2)16-10-13-7-3-4-9-15(13)17;1-6-4-3-5-8(9)7(6)2;8-5-6-3-1-2-4-7(6)9/h3-10,17H,1-2H3;3-5H,9H2,1-2H3;2-5H/p+1. The number of aliphatic hydroxyl groups is 1. The van der Waals surface area contributed by atoms with Crippen LogP contribution in [-0.2, 0) is 4.79 Å². The molecule has 0 saturated heterocycles. The minimum Gasteiger partial charge on any atom is -0.507 e. The second-order valence-electron chi connectivity index (χ2n) is 7.93. The summed E-state index contributed by atoms with van der Waals surface area (Å²) < 4.78 is 0. The molecule has 5 nitrogen and oxygen atoms in total. The Bertz CT molecular complexity index is 1260. The predicted octanol–water partition coefficient (Wildman–Crippen LogP) is 6.57. The van der Waals surface area contributed by atoms with Gasteiger partial charge in [0.15, 0.2) is 5.57 Å². The maximum absolute atomic E-state index is 10.0. The highest BCUT2D eigenvalue weighted by Gasteiger charge is 2.09. The van der Waals surface area contributed by atoms with Gasteiger partial charge >= 0.3 is 0 Å². The number of aldehydes is 1. The maximum atomic E-state index is 10.0. The van der Waals surface area contributed by atoms with Gasteiger partial charge in [-0.05, 0) is 74.2 Å². The molecule has 1 aliphatic carbocycles. The number of aliphatic hydroxyl groups excluding tert-OH is 1. The van der Waals surface area contributed by atoms with Crippen molar-refractivity contribution in [1.29, 1.82) is 0 Å². The van der Waals surface area contributed by atoms with Crippen LogP contribution in [0.25, 0.3) is 0 Å². The lowest BCUT2D eigenvalue weighted by atomic mass is 10.1. The number of para-hydroxylation sites is 1. The molecule has 178 valence electrons. The lowest BCUT2D eigenvalue weighted by molar-refractivity contribution is -0.104. The second-order valence-corrected chi connectivity index (χ2v) is 7.93. The topological polar surface area (TPSA) is 95.9 Å². The predicted molar refractivity (Wildman–Crippen MR) is 144 cm³/mol. The van der Waals surface area contributed by atoms with E-state index in [4.69, 9.17) is 10.8 Å². The lowest BCUT2D eigenvalue weighted by Crippen LogP contribution is -1.90. The monoisotopic (exact) mass is 467 g/mol. The Hall–Kier alpha value is -4.47. The Kier molecular flexibility index (Phi) is 10.2. The molecule has 4 rings (SSSR count). The summed E-state index contributed by atoms with van der Waals surface area (Å²) in [6, 6.07) is 19.1. The molecule has 0 aliphatic heterocycles. The number of allylic oxidation sites excluding steroid dienone is 5. The lowest BCUT2D eigenvalue weighted by Gasteiger charge is -2.03. The van der Waals surface area contributed by atoms with Gasteiger partial charge in [-0.15, -0.1) is 0 Å². The number of benzene rings is 3. The number of aromatic hydroxyl groups is 1. The first-order chi connectivity index (χ1) is 16.7. The van der Waals surface area contributed by atoms with Gasteiger partial charge in [-0.1, -0.05) is 36.4 Å². The molecule has 0 bridgehead atoms. The Labute approximate surface area is 207 Å². The third-order valence-electron chi connectivity index (χ3n) is 5.50. The van der Waals surface area contributed by atoms with Crippen LogP contribution >= 0.6 is 0 Å². The number of anilines is 1. The number of aliphatic imine (C=N–C) groups is 1. The van der Waals surface area contributed by atoms with Crippen LogP contribution in [0.3, 0.4) is 0 Å². The number of nitrogen functional groups attached to an aromatic ring is 1. The average Bonchev–Trinajstić information content (AvgIpc) is 2.85. The second kappa shape index (κ2) is 13.3. The van der Waals surface area contributed by atoms with E-state index in [1.54, 1.807) is 24.4 Å². The number of hydrogen-bond acceptors (Lipinski definition) is 5. The molecule has 35 heavy (non-hydrogen) atoms. The zero-order valence-electron chi connectivity index (χ0n) is 20.5. The van der Waals surface area contributed by atoms with Crippen LogP contribution in [0.5, 0.6) is 5.75 Å². The molecule has 5 heteroatoms. The number of nitrogens with two attached hydrogens (primary N) is 1. The summed E-state index contributed by atoms with van der Waals surface area (Å²) in [6.07, 6.45) is 9.34. The fraction of sp³-hybridized carbons (Fsp3) is 0.133. The molecule has 0 heterocycles. The number of carbonyl (C=O) groups is 1. The Balaban J connectivity index is 0.000000203. The van der Waals surface area contributed by atoms with Gasteiger partial charge in [-0.3, -0.25) is 9.79 Å². The van der Waals surface area contributed by atoms with Crippen molar-refractivity contribution in [2.45, 2.75) is 27.7 Å². The van der Waals surface area contributed by atoms with E-state index in [1.165, 1.54) is 34.4 Å². The maximum Gasteiger partial charge on any atom is 0.241 e. The Morgan fingerprint density at radius 1 is 0.857 bits per heavy atom. The number of aryl methyl sites for hydroxylation is 2. The molecule has 0 spiro atoms. The van der Waals surface area contributed by atoms with E-state index in [9.17, 15) is 9.90 Å². The highest BCUT2D eigenvalue weighted by molar-refractivity contribution is 5.85. The molecule has 3 aromatic rings. The zero-order valence-corrected chi connectivity index (χ0v) is 20.5. The van der Waals surface area contributed by atoms with Gasteiger partial charge in [0.1, 0.15) is 17.9 Å². The third kappa shape index (κ3) is 8.11. The molecule has 0 radical (unpaired) electrons. The van der Waals surface area contributed by atoms with E-state index in [0.29, 0.717) is 6.29 Å². The highest BCUT2D eigenvalue weighted by Crippen LogP contribution is 2.22. The van der Waals surface area contributed by atoms with Crippen LogP contribution in [0.4, 0.5) is 11.4 Å². The number of nitrogens with zero attached hydrogens (tertiary/aromatic N) is 1. The van der Waals surface area contributed by atoms with E-state index in [1.807, 2.05) is 50.2 Å². The Morgan fingerprint density at radius 2 is 1.51 bits per heavy atom. The molecular formula is C30H31N2O3+. The molecule has 0 fully saturated rings. The minimum absolute atomic E-state index is 0.00347. The number of carbonyl (C=O) groups excluding carboxylic acids is 1. The first-order valence-electron chi connectivity index (χ1n) is 11.1. The van der Waals surface area contributed by atoms with Crippen molar-refractivity contribution in [1.82, 2.24) is 0 Å². The molecule has 1 aliphatic rings. The van der Waals surface area contributed by atoms with Crippen molar-refractivity contribution in [2.24, 2.45) is 4.99 Å². The molecule has 0 amide bonds. The fourth-order valence-electron chi connectivity index (χ4n) is 2.91. The van der Waals surface area contributed by atoms with Gasteiger partial charge in [0.2, 0.25) is 12.0 Å². The van der Waals surface area contributed by atoms with Gasteiger partial charge in [-0.25, -0.2) is 0 Å². The quantitative estimate of drug-likeness (QED) is 0.176. The average molecular weight is 468 g/mol. The number of hydrogen-bond donors (Lipinski definition) is 3. The zero-order chi connectivity index (χ0) is 25.8. The highest BCUT2D eigenvalue weighted by atomic mass is 16.3. The van der Waals surface area contributed by atoms with Gasteiger partial charge < -0.3 is 15.9 Å². The molecule has 0 unspecified atom stereocenters. The SMILES string of the molecule is Cc1cccc(N)c1C.Cc1cccc(N=Cc2ccccc2O)c1C.O=CC1=C(O)C=C[C+]=C1. The van der Waals surface area contributed by atoms with Crippen LogP contribution < -0.4 is 5.73 Å². The molecule has 4 N–H and O–H groups in total. The summed E-state index contributed by atoms with van der Waals surface area (Å²) in [5, 5.41) is 18.5. The van der Waals surface area contributed by atoms with Crippen molar-refractivity contribution in [3.63, 3.8) is 0 Å². The van der Waals surface area contributed by atoms with Gasteiger partial charge in [-0.2, -0.15) is 0 Å². The first kappa shape index (κ1) is 26.8. The van der Waals surface area contributed by atoms with Gasteiger partial charge in [0, 0.05) is 23.5 Å². The third-order valence-corrected chi connectivity index (χ3v) is 5.50. The molecule has 0 aromatic heterocycles. The fourth-order valence-corrected chi connectivity index (χ4v) is 2.91. The normalized spacial score (nSPS) is 11.8. The van der Waals surface area contributed by atoms with Crippen molar-refractivity contribution in [3.8, 4) is 5.75 Å². The largest absolute Gasteiger partial charge is 0.507 e. The molecule has 3 aromatic carbocycles. The number of phenols is 1. The summed E-state index contributed by atoms with van der Waals surface area (Å²) in [5.74, 6) is 0.255. The Morgan fingerprint density at radius 3 is 2.09 bits per heavy atom. The van der Waals surface area contributed by atoms with Crippen molar-refractivity contribution in [3.05, 3.63) is 124 Å². The van der Waals surface area contributed by atoms with Crippen LogP contribution in [-0.4, -0.2) is 22.7 Å². The number of phenolic OH excluding ortho intramolecular Hbond substituents is 1. The van der Waals surface area contributed by atoms with E-state index < -0.39 is 0 Å². The van der Waals surface area contributed by atoms with Gasteiger partial charge in [0.05, 0.1) is 11.8 Å². The van der Waals surface area contributed by atoms with Crippen LogP contribution in [0.2, 0.25) is 0 Å². The summed E-state index contributed by atoms with van der Waals surface area (Å²) in [7, 11) is 0. The van der Waals surface area contributed by atoms with Gasteiger partial charge in [0.25, 0.3) is 0 Å². The minimum atomic E-state index is 0.00347. The van der Waals surface area contributed by atoms with Crippen LogP contribution in [0.1, 0.15) is 27.8 Å². The van der Waals surface area contributed by atoms with Crippen LogP contribution in [0.15, 0.2) is 95.2 Å². The summed E-state index contributed by atoms with van der Waals surface area (Å²) in [6.45, 7) is 8.21.